The van der Waals surface area contributed by atoms with Crippen LogP contribution >= 0.6 is 0 Å². The molecule has 0 bridgehead atoms. The predicted molar refractivity (Wildman–Crippen MR) is 70.9 cm³/mol. The summed E-state index contributed by atoms with van der Waals surface area (Å²) in [4.78, 5) is 6.77. The Morgan fingerprint density at radius 1 is 1.41 bits per heavy atom. The zero-order valence-corrected chi connectivity index (χ0v) is 10.9. The van der Waals surface area contributed by atoms with Crippen LogP contribution in [0, 0.1) is 12.8 Å². The molecule has 0 spiro atoms. The van der Waals surface area contributed by atoms with Crippen LogP contribution in [0.25, 0.3) is 0 Å². The summed E-state index contributed by atoms with van der Waals surface area (Å²) in [6, 6.07) is 2.10. The molecule has 0 unspecified atom stereocenters. The molecule has 0 saturated carbocycles. The van der Waals surface area contributed by atoms with Gasteiger partial charge in [0.25, 0.3) is 0 Å². The molecule has 0 radical (unpaired) electrons. The summed E-state index contributed by atoms with van der Waals surface area (Å²) in [5, 5.41) is 3.28. The number of nitrogens with one attached hydrogen (secondary N) is 1. The summed E-state index contributed by atoms with van der Waals surface area (Å²) >= 11 is 0. The third-order valence-corrected chi connectivity index (χ3v) is 3.74. The molecule has 0 aliphatic carbocycles. The SMILES string of the molecule is CNCC1CCN(Cc2cnccc2C)CC1. The van der Waals surface area contributed by atoms with Crippen molar-refractivity contribution < 1.29 is 0 Å². The average molecular weight is 233 g/mol. The van der Waals surface area contributed by atoms with Crippen molar-refractivity contribution in [2.24, 2.45) is 5.92 Å². The van der Waals surface area contributed by atoms with Crippen LogP contribution in [-0.4, -0.2) is 36.6 Å². The van der Waals surface area contributed by atoms with Gasteiger partial charge in [-0.25, -0.2) is 0 Å². The molecule has 1 fully saturated rings. The minimum atomic E-state index is 0.867. The third kappa shape index (κ3) is 3.51. The van der Waals surface area contributed by atoms with E-state index in [0.717, 1.165) is 12.5 Å². The number of aromatic nitrogens is 1. The first kappa shape index (κ1) is 12.5. The maximum atomic E-state index is 4.22. The minimum Gasteiger partial charge on any atom is -0.319 e. The number of hydrogen-bond donors (Lipinski definition) is 1. The van der Waals surface area contributed by atoms with Crippen LogP contribution in [-0.2, 0) is 6.54 Å². The van der Waals surface area contributed by atoms with E-state index in [1.165, 1.54) is 43.6 Å². The average Bonchev–Trinajstić information content (AvgIpc) is 2.35. The van der Waals surface area contributed by atoms with Gasteiger partial charge in [-0.1, -0.05) is 0 Å². The van der Waals surface area contributed by atoms with Gasteiger partial charge in [-0.15, -0.1) is 0 Å². The van der Waals surface area contributed by atoms with Gasteiger partial charge in [0.2, 0.25) is 0 Å². The summed E-state index contributed by atoms with van der Waals surface area (Å²) < 4.78 is 0. The first-order chi connectivity index (χ1) is 8.29. The van der Waals surface area contributed by atoms with Gasteiger partial charge in [-0.05, 0) is 69.6 Å². The highest BCUT2D eigenvalue weighted by Gasteiger charge is 2.18. The Morgan fingerprint density at radius 3 is 2.82 bits per heavy atom. The van der Waals surface area contributed by atoms with Crippen molar-refractivity contribution in [3.8, 4) is 0 Å². The molecule has 94 valence electrons. The van der Waals surface area contributed by atoms with Crippen LogP contribution in [0.15, 0.2) is 18.5 Å². The fraction of sp³-hybridized carbons (Fsp3) is 0.643. The molecule has 1 saturated heterocycles. The van der Waals surface area contributed by atoms with Crippen LogP contribution in [0.2, 0.25) is 0 Å². The minimum absolute atomic E-state index is 0.867. The lowest BCUT2D eigenvalue weighted by Gasteiger charge is -2.32. The highest BCUT2D eigenvalue weighted by Crippen LogP contribution is 2.19. The van der Waals surface area contributed by atoms with E-state index in [4.69, 9.17) is 0 Å². The first-order valence-electron chi connectivity index (χ1n) is 6.56. The number of aryl methyl sites for hydroxylation is 1. The standard InChI is InChI=1S/C14H23N3/c1-12-3-6-16-10-14(12)11-17-7-4-13(5-8-17)9-15-2/h3,6,10,13,15H,4-5,7-9,11H2,1-2H3. The zero-order valence-electron chi connectivity index (χ0n) is 10.9. The second kappa shape index (κ2) is 6.12. The van der Waals surface area contributed by atoms with Crippen LogP contribution in [0.4, 0.5) is 0 Å². The van der Waals surface area contributed by atoms with Crippen molar-refractivity contribution in [3.05, 3.63) is 29.6 Å². The van der Waals surface area contributed by atoms with Gasteiger partial charge < -0.3 is 5.32 Å². The lowest BCUT2D eigenvalue weighted by molar-refractivity contribution is 0.176. The Kier molecular flexibility index (Phi) is 4.51. The second-order valence-corrected chi connectivity index (χ2v) is 5.08. The molecule has 17 heavy (non-hydrogen) atoms. The van der Waals surface area contributed by atoms with E-state index in [0.29, 0.717) is 0 Å². The van der Waals surface area contributed by atoms with E-state index < -0.39 is 0 Å². The van der Waals surface area contributed by atoms with Crippen LogP contribution in [0.3, 0.4) is 0 Å². The summed E-state index contributed by atoms with van der Waals surface area (Å²) in [7, 11) is 2.05. The fourth-order valence-electron chi connectivity index (χ4n) is 2.54. The monoisotopic (exact) mass is 233 g/mol. The molecule has 1 N–H and O–H groups in total. The van der Waals surface area contributed by atoms with Crippen molar-refractivity contribution in [2.75, 3.05) is 26.7 Å². The van der Waals surface area contributed by atoms with Crippen molar-refractivity contribution in [3.63, 3.8) is 0 Å². The van der Waals surface area contributed by atoms with Gasteiger partial charge in [0.15, 0.2) is 0 Å². The topological polar surface area (TPSA) is 28.2 Å². The molecule has 2 rings (SSSR count). The molecule has 1 aromatic rings. The second-order valence-electron chi connectivity index (χ2n) is 5.08. The number of pyridine rings is 1. The Bertz CT molecular complexity index is 343. The summed E-state index contributed by atoms with van der Waals surface area (Å²) in [5.74, 6) is 0.867. The Morgan fingerprint density at radius 2 is 2.18 bits per heavy atom. The van der Waals surface area contributed by atoms with Crippen molar-refractivity contribution in [1.82, 2.24) is 15.2 Å². The maximum absolute atomic E-state index is 4.22. The lowest BCUT2D eigenvalue weighted by Crippen LogP contribution is -2.36. The number of nitrogens with zero attached hydrogens (tertiary/aromatic N) is 2. The Labute approximate surface area is 104 Å². The maximum Gasteiger partial charge on any atom is 0.0315 e. The van der Waals surface area contributed by atoms with Crippen molar-refractivity contribution in [1.29, 1.82) is 0 Å². The van der Waals surface area contributed by atoms with Gasteiger partial charge >= 0.3 is 0 Å². The van der Waals surface area contributed by atoms with E-state index in [9.17, 15) is 0 Å². The molecule has 2 heterocycles. The molecule has 1 aliphatic heterocycles. The molecule has 3 heteroatoms. The largest absolute Gasteiger partial charge is 0.319 e. The molecule has 1 aliphatic rings. The molecule has 0 atom stereocenters. The lowest BCUT2D eigenvalue weighted by atomic mass is 9.96. The molecule has 0 aromatic carbocycles. The smallest absolute Gasteiger partial charge is 0.0315 e. The predicted octanol–water partition coefficient (Wildman–Crippen LogP) is 1.82. The number of piperidine rings is 1. The highest BCUT2D eigenvalue weighted by molar-refractivity contribution is 5.21. The molecular weight excluding hydrogens is 210 g/mol. The van der Waals surface area contributed by atoms with Gasteiger partial charge in [0.1, 0.15) is 0 Å². The van der Waals surface area contributed by atoms with Crippen molar-refractivity contribution >= 4 is 0 Å². The van der Waals surface area contributed by atoms with Crippen LogP contribution < -0.4 is 5.32 Å². The van der Waals surface area contributed by atoms with Gasteiger partial charge in [0, 0.05) is 18.9 Å². The number of hydrogen-bond acceptors (Lipinski definition) is 3. The Balaban J connectivity index is 1.84. The Hall–Kier alpha value is -0.930. The van der Waals surface area contributed by atoms with Gasteiger partial charge in [-0.2, -0.15) is 0 Å². The van der Waals surface area contributed by atoms with Gasteiger partial charge in [-0.3, -0.25) is 9.88 Å². The van der Waals surface area contributed by atoms with Crippen LogP contribution in [0.5, 0.6) is 0 Å². The van der Waals surface area contributed by atoms with Crippen LogP contribution in [0.1, 0.15) is 24.0 Å². The summed E-state index contributed by atoms with van der Waals surface area (Å²) in [6.45, 7) is 6.85. The molecule has 3 nitrogen and oxygen atoms in total. The quantitative estimate of drug-likeness (QED) is 0.860. The zero-order chi connectivity index (χ0) is 12.1. The fourth-order valence-corrected chi connectivity index (χ4v) is 2.54. The van der Waals surface area contributed by atoms with Gasteiger partial charge in [0.05, 0.1) is 0 Å². The third-order valence-electron chi connectivity index (χ3n) is 3.74. The van der Waals surface area contributed by atoms with E-state index in [-0.39, 0.29) is 0 Å². The van der Waals surface area contributed by atoms with E-state index in [1.807, 2.05) is 19.4 Å². The summed E-state index contributed by atoms with van der Waals surface area (Å²) in [6.07, 6.45) is 6.52. The number of likely N-dealkylation sites (tertiary alicyclic amines) is 1. The highest BCUT2D eigenvalue weighted by atomic mass is 15.1. The van der Waals surface area contributed by atoms with E-state index >= 15 is 0 Å². The molecule has 1 aromatic heterocycles. The molecular formula is C14H23N3. The molecule has 0 amide bonds. The van der Waals surface area contributed by atoms with Crippen molar-refractivity contribution in [2.45, 2.75) is 26.3 Å². The normalized spacial score (nSPS) is 18.5. The summed E-state index contributed by atoms with van der Waals surface area (Å²) in [5.41, 5.74) is 2.73. The number of rotatable bonds is 4. The first-order valence-corrected chi connectivity index (χ1v) is 6.56. The van der Waals surface area contributed by atoms with E-state index in [2.05, 4.69) is 28.2 Å². The van der Waals surface area contributed by atoms with E-state index in [1.54, 1.807) is 0 Å².